The summed E-state index contributed by atoms with van der Waals surface area (Å²) in [6.45, 7) is 1.76. The second kappa shape index (κ2) is 5.72. The molecule has 0 amide bonds. The van der Waals surface area contributed by atoms with Gasteiger partial charge in [-0.1, -0.05) is 15.9 Å². The Kier molecular flexibility index (Phi) is 4.01. The Morgan fingerprint density at radius 1 is 1.45 bits per heavy atom. The highest BCUT2D eigenvalue weighted by Crippen LogP contribution is 2.29. The zero-order valence-corrected chi connectivity index (χ0v) is 12.0. The normalized spacial score (nSPS) is 9.85. The van der Waals surface area contributed by atoms with Crippen LogP contribution in [0.15, 0.2) is 34.9 Å². The Balaban J connectivity index is 2.49. The van der Waals surface area contributed by atoms with Gasteiger partial charge in [-0.3, -0.25) is 0 Å². The van der Waals surface area contributed by atoms with Crippen LogP contribution < -0.4 is 4.74 Å². The molecule has 0 bridgehead atoms. The molecule has 0 atom stereocenters. The van der Waals surface area contributed by atoms with E-state index < -0.39 is 5.97 Å². The molecule has 6 heteroatoms. The molecule has 0 aliphatic heterocycles. The van der Waals surface area contributed by atoms with Gasteiger partial charge in [0.05, 0.1) is 0 Å². The molecule has 1 aromatic carbocycles. The van der Waals surface area contributed by atoms with Crippen LogP contribution in [-0.2, 0) is 0 Å². The molecule has 0 saturated carbocycles. The number of rotatable bonds is 3. The number of hydrogen-bond acceptors (Lipinski definition) is 4. The lowest BCUT2D eigenvalue weighted by Gasteiger charge is -2.10. The van der Waals surface area contributed by atoms with Gasteiger partial charge in [0, 0.05) is 10.7 Å². The maximum Gasteiger partial charge on any atom is 0.339 e. The zero-order chi connectivity index (χ0) is 14.7. The van der Waals surface area contributed by atoms with Crippen LogP contribution in [0.3, 0.4) is 0 Å². The molecule has 1 aromatic heterocycles. The van der Waals surface area contributed by atoms with Crippen molar-refractivity contribution in [2.45, 2.75) is 6.92 Å². The molecular formula is C14H9BrN2O3. The molecule has 2 rings (SSSR count). The summed E-state index contributed by atoms with van der Waals surface area (Å²) in [6.07, 6.45) is 1.50. The third-order valence-electron chi connectivity index (χ3n) is 2.61. The van der Waals surface area contributed by atoms with Gasteiger partial charge in [-0.2, -0.15) is 5.26 Å². The van der Waals surface area contributed by atoms with E-state index in [0.717, 1.165) is 0 Å². The number of ether oxygens (including phenoxy) is 1. The van der Waals surface area contributed by atoms with Crippen LogP contribution in [0.2, 0.25) is 0 Å². The van der Waals surface area contributed by atoms with E-state index in [4.69, 9.17) is 15.1 Å². The molecule has 100 valence electrons. The van der Waals surface area contributed by atoms with Crippen LogP contribution in [0.1, 0.15) is 21.5 Å². The van der Waals surface area contributed by atoms with Crippen molar-refractivity contribution in [1.82, 2.24) is 4.98 Å². The molecule has 5 nitrogen and oxygen atoms in total. The van der Waals surface area contributed by atoms with E-state index in [-0.39, 0.29) is 22.8 Å². The lowest BCUT2D eigenvalue weighted by Crippen LogP contribution is -2.02. The maximum atomic E-state index is 11.2. The number of nitriles is 1. The fraction of sp³-hybridized carbons (Fsp3) is 0.0714. The van der Waals surface area contributed by atoms with Crippen molar-refractivity contribution in [2.75, 3.05) is 0 Å². The van der Waals surface area contributed by atoms with Crippen LogP contribution in [-0.4, -0.2) is 16.1 Å². The number of benzene rings is 1. The summed E-state index contributed by atoms with van der Waals surface area (Å²) in [6, 6.07) is 8.28. The minimum absolute atomic E-state index is 0.00780. The largest absolute Gasteiger partial charge is 0.478 e. The molecule has 0 aliphatic rings. The third-order valence-corrected chi connectivity index (χ3v) is 3.11. The first-order valence-electron chi connectivity index (χ1n) is 5.59. The Bertz CT molecular complexity index is 723. The summed E-state index contributed by atoms with van der Waals surface area (Å²) in [7, 11) is 0. The van der Waals surface area contributed by atoms with Gasteiger partial charge in [0.15, 0.2) is 0 Å². The molecule has 0 unspecified atom stereocenters. The lowest BCUT2D eigenvalue weighted by molar-refractivity contribution is 0.0694. The van der Waals surface area contributed by atoms with E-state index in [9.17, 15) is 4.79 Å². The molecule has 0 fully saturated rings. The lowest BCUT2D eigenvalue weighted by atomic mass is 10.1. The average Bonchev–Trinajstić information content (AvgIpc) is 2.41. The summed E-state index contributed by atoms with van der Waals surface area (Å²) in [5.41, 5.74) is 0.991. The van der Waals surface area contributed by atoms with Gasteiger partial charge in [0.1, 0.15) is 22.9 Å². The van der Waals surface area contributed by atoms with Crippen molar-refractivity contribution < 1.29 is 14.6 Å². The van der Waals surface area contributed by atoms with Gasteiger partial charge < -0.3 is 9.84 Å². The van der Waals surface area contributed by atoms with Gasteiger partial charge in [-0.25, -0.2) is 9.78 Å². The summed E-state index contributed by atoms with van der Waals surface area (Å²) in [5.74, 6) is -0.889. The number of carboxylic acid groups (broad SMARTS) is 1. The Morgan fingerprint density at radius 2 is 2.20 bits per heavy atom. The first-order valence-corrected chi connectivity index (χ1v) is 6.38. The second-order valence-corrected chi connectivity index (χ2v) is 4.88. The van der Waals surface area contributed by atoms with Crippen LogP contribution in [0.4, 0.5) is 0 Å². The second-order valence-electron chi connectivity index (χ2n) is 3.97. The Labute approximate surface area is 123 Å². The number of aryl methyl sites for hydroxylation is 1. The van der Waals surface area contributed by atoms with E-state index in [1.165, 1.54) is 18.3 Å². The average molecular weight is 333 g/mol. The Hall–Kier alpha value is -2.39. The summed E-state index contributed by atoms with van der Waals surface area (Å²) in [5, 5.41) is 18.3. The van der Waals surface area contributed by atoms with Gasteiger partial charge in [-0.15, -0.1) is 0 Å². The zero-order valence-electron chi connectivity index (χ0n) is 10.4. The molecule has 0 spiro atoms. The van der Waals surface area contributed by atoms with Crippen molar-refractivity contribution >= 4 is 21.9 Å². The van der Waals surface area contributed by atoms with E-state index >= 15 is 0 Å². The highest BCUT2D eigenvalue weighted by molar-refractivity contribution is 9.10. The van der Waals surface area contributed by atoms with E-state index in [2.05, 4.69) is 20.9 Å². The fourth-order valence-electron chi connectivity index (χ4n) is 1.61. The van der Waals surface area contributed by atoms with Crippen LogP contribution in [0.25, 0.3) is 0 Å². The summed E-state index contributed by atoms with van der Waals surface area (Å²) in [4.78, 5) is 15.2. The topological polar surface area (TPSA) is 83.2 Å². The smallest absolute Gasteiger partial charge is 0.339 e. The molecular weight excluding hydrogens is 324 g/mol. The highest BCUT2D eigenvalue weighted by Gasteiger charge is 2.15. The predicted octanol–water partition coefficient (Wildman–Crippen LogP) is 3.51. The number of carbonyl (C=O) groups is 1. The number of halogens is 1. The van der Waals surface area contributed by atoms with Gasteiger partial charge >= 0.3 is 5.97 Å². The third kappa shape index (κ3) is 2.78. The van der Waals surface area contributed by atoms with Crippen LogP contribution in [0.5, 0.6) is 11.6 Å². The minimum atomic E-state index is -1.12. The van der Waals surface area contributed by atoms with E-state index in [0.29, 0.717) is 10.0 Å². The standard InChI is InChI=1S/C14H9BrN2O3/c1-8-4-5-17-13(11(8)7-16)20-12-3-2-9(15)6-10(12)14(18)19/h2-6H,1H3,(H,18,19). The fourth-order valence-corrected chi connectivity index (χ4v) is 1.97. The molecule has 1 N–H and O–H groups in total. The van der Waals surface area contributed by atoms with Crippen molar-refractivity contribution in [3.8, 4) is 17.7 Å². The van der Waals surface area contributed by atoms with Crippen molar-refractivity contribution in [3.05, 3.63) is 51.6 Å². The number of aromatic carboxylic acids is 1. The monoisotopic (exact) mass is 332 g/mol. The molecule has 0 aliphatic carbocycles. The van der Waals surface area contributed by atoms with Crippen molar-refractivity contribution in [3.63, 3.8) is 0 Å². The molecule has 20 heavy (non-hydrogen) atoms. The number of carboxylic acids is 1. The maximum absolute atomic E-state index is 11.2. The van der Waals surface area contributed by atoms with E-state index in [1.807, 2.05) is 6.07 Å². The quantitative estimate of drug-likeness (QED) is 0.929. The number of aromatic nitrogens is 1. The van der Waals surface area contributed by atoms with Gasteiger partial charge in [0.2, 0.25) is 5.88 Å². The number of nitrogens with zero attached hydrogens (tertiary/aromatic N) is 2. The minimum Gasteiger partial charge on any atom is -0.478 e. The molecule has 2 aromatic rings. The number of hydrogen-bond donors (Lipinski definition) is 1. The molecule has 1 heterocycles. The van der Waals surface area contributed by atoms with Crippen LogP contribution in [0, 0.1) is 18.3 Å². The SMILES string of the molecule is Cc1ccnc(Oc2ccc(Br)cc2C(=O)O)c1C#N. The number of pyridine rings is 1. The first-order chi connectivity index (χ1) is 9.52. The summed E-state index contributed by atoms with van der Waals surface area (Å²) < 4.78 is 6.12. The molecule has 0 radical (unpaired) electrons. The predicted molar refractivity (Wildman–Crippen MR) is 74.9 cm³/mol. The van der Waals surface area contributed by atoms with Gasteiger partial charge in [0.25, 0.3) is 0 Å². The highest BCUT2D eigenvalue weighted by atomic mass is 79.9. The van der Waals surface area contributed by atoms with Crippen LogP contribution >= 0.6 is 15.9 Å². The molecule has 0 saturated heterocycles. The van der Waals surface area contributed by atoms with Crippen molar-refractivity contribution in [2.24, 2.45) is 0 Å². The Morgan fingerprint density at radius 3 is 2.85 bits per heavy atom. The van der Waals surface area contributed by atoms with Crippen molar-refractivity contribution in [1.29, 1.82) is 5.26 Å². The first kappa shape index (κ1) is 14.0. The summed E-state index contributed by atoms with van der Waals surface area (Å²) >= 11 is 3.20. The van der Waals surface area contributed by atoms with Gasteiger partial charge in [-0.05, 0) is 36.8 Å². The van der Waals surface area contributed by atoms with E-state index in [1.54, 1.807) is 19.1 Å².